The molecule has 3 aromatic heterocycles. The minimum atomic E-state index is -1.18. The zero-order chi connectivity index (χ0) is 24.9. The number of thiophene rings is 2. The second kappa shape index (κ2) is 10.9. The van der Waals surface area contributed by atoms with Gasteiger partial charge in [0, 0.05) is 33.1 Å². The molecule has 3 heterocycles. The van der Waals surface area contributed by atoms with Crippen molar-refractivity contribution in [1.82, 2.24) is 10.3 Å². The monoisotopic (exact) mass is 529 g/mol. The predicted molar refractivity (Wildman–Crippen MR) is 137 cm³/mol. The quantitative estimate of drug-likeness (QED) is 0.234. The van der Waals surface area contributed by atoms with Crippen molar-refractivity contribution in [2.45, 2.75) is 18.4 Å². The summed E-state index contributed by atoms with van der Waals surface area (Å²) in [5.74, 6) is -3.44. The van der Waals surface area contributed by atoms with Gasteiger partial charge < -0.3 is 20.8 Å². The van der Waals surface area contributed by atoms with Gasteiger partial charge in [0.2, 0.25) is 5.91 Å². The highest BCUT2D eigenvalue weighted by Crippen LogP contribution is 2.26. The van der Waals surface area contributed by atoms with Crippen molar-refractivity contribution in [3.63, 3.8) is 0 Å². The number of carboxylic acids is 2. The highest BCUT2D eigenvalue weighted by Gasteiger charge is 2.28. The maximum atomic E-state index is 13.2. The lowest BCUT2D eigenvalue weighted by atomic mass is 10.0. The first-order chi connectivity index (χ1) is 16.8. The van der Waals surface area contributed by atoms with Crippen molar-refractivity contribution in [3.8, 4) is 0 Å². The van der Waals surface area contributed by atoms with E-state index in [4.69, 9.17) is 11.6 Å². The SMILES string of the molecule is O=C(O)c1cc2cc(Cl)ccc2nc1NCC(C(=O)NC(Cc1cccs1)C(=O)O)c1cccs1. The third-order valence-electron chi connectivity index (χ3n) is 5.28. The molecule has 0 bridgehead atoms. The summed E-state index contributed by atoms with van der Waals surface area (Å²) in [6.45, 7) is 0.0179. The van der Waals surface area contributed by atoms with Gasteiger partial charge in [0.15, 0.2) is 0 Å². The Hall–Kier alpha value is -3.47. The fourth-order valence-electron chi connectivity index (χ4n) is 3.56. The fourth-order valence-corrected chi connectivity index (χ4v) is 5.32. The van der Waals surface area contributed by atoms with Crippen LogP contribution in [0, 0.1) is 0 Å². The number of aliphatic carboxylic acids is 1. The summed E-state index contributed by atoms with van der Waals surface area (Å²) < 4.78 is 0. The van der Waals surface area contributed by atoms with Crippen LogP contribution in [0.15, 0.2) is 59.3 Å². The Morgan fingerprint density at radius 1 is 1.03 bits per heavy atom. The molecule has 4 rings (SSSR count). The zero-order valence-corrected chi connectivity index (χ0v) is 20.5. The molecule has 0 aliphatic rings. The molecule has 0 radical (unpaired) electrons. The first-order valence-corrected chi connectivity index (χ1v) is 12.6. The summed E-state index contributed by atoms with van der Waals surface area (Å²) in [5.41, 5.74) is 0.479. The number of rotatable bonds is 10. The molecule has 0 fully saturated rings. The Morgan fingerprint density at radius 3 is 2.46 bits per heavy atom. The molecule has 0 spiro atoms. The number of aromatic nitrogens is 1. The van der Waals surface area contributed by atoms with Gasteiger partial charge in [-0.05, 0) is 47.2 Å². The van der Waals surface area contributed by atoms with Crippen LogP contribution in [0.1, 0.15) is 26.0 Å². The van der Waals surface area contributed by atoms with E-state index < -0.39 is 29.8 Å². The number of benzene rings is 1. The largest absolute Gasteiger partial charge is 0.480 e. The van der Waals surface area contributed by atoms with Crippen molar-refractivity contribution in [1.29, 1.82) is 0 Å². The van der Waals surface area contributed by atoms with Gasteiger partial charge in [0.1, 0.15) is 17.4 Å². The van der Waals surface area contributed by atoms with Crippen LogP contribution in [0.25, 0.3) is 10.9 Å². The van der Waals surface area contributed by atoms with Crippen molar-refractivity contribution >= 4 is 68.8 Å². The number of fused-ring (bicyclic) bond motifs is 1. The molecule has 11 heteroatoms. The molecule has 0 saturated heterocycles. The number of carbonyl (C=O) groups is 3. The number of anilines is 1. The average molecular weight is 530 g/mol. The van der Waals surface area contributed by atoms with Gasteiger partial charge in [-0.2, -0.15) is 0 Å². The van der Waals surface area contributed by atoms with E-state index in [1.54, 1.807) is 30.3 Å². The average Bonchev–Trinajstić information content (AvgIpc) is 3.53. The van der Waals surface area contributed by atoms with E-state index in [9.17, 15) is 24.6 Å². The summed E-state index contributed by atoms with van der Waals surface area (Å²) in [6.07, 6.45) is 0.168. The Labute approximate surface area is 213 Å². The number of amides is 1. The number of pyridine rings is 1. The van der Waals surface area contributed by atoms with Crippen LogP contribution in [-0.2, 0) is 16.0 Å². The van der Waals surface area contributed by atoms with Crippen molar-refractivity contribution in [2.75, 3.05) is 11.9 Å². The van der Waals surface area contributed by atoms with Crippen LogP contribution >= 0.6 is 34.3 Å². The highest BCUT2D eigenvalue weighted by atomic mass is 35.5. The molecule has 1 amide bonds. The highest BCUT2D eigenvalue weighted by molar-refractivity contribution is 7.10. The smallest absolute Gasteiger partial charge is 0.339 e. The van der Waals surface area contributed by atoms with Crippen LogP contribution in [0.5, 0.6) is 0 Å². The van der Waals surface area contributed by atoms with Crippen LogP contribution in [0.2, 0.25) is 5.02 Å². The molecule has 2 atom stereocenters. The van der Waals surface area contributed by atoms with Gasteiger partial charge in [0.05, 0.1) is 11.4 Å². The zero-order valence-electron chi connectivity index (χ0n) is 18.1. The van der Waals surface area contributed by atoms with Crippen LogP contribution in [0.4, 0.5) is 5.82 Å². The molecular formula is C24H20ClN3O5S2. The minimum Gasteiger partial charge on any atom is -0.480 e. The Kier molecular flexibility index (Phi) is 7.64. The lowest BCUT2D eigenvalue weighted by Gasteiger charge is -2.21. The Balaban J connectivity index is 1.58. The van der Waals surface area contributed by atoms with E-state index in [-0.39, 0.29) is 24.3 Å². The second-order valence-electron chi connectivity index (χ2n) is 7.66. The first kappa shape index (κ1) is 24.6. The maximum absolute atomic E-state index is 13.2. The molecule has 1 aromatic carbocycles. The molecule has 180 valence electrons. The normalized spacial score (nSPS) is 12.7. The van der Waals surface area contributed by atoms with Crippen LogP contribution in [-0.4, -0.2) is 45.6 Å². The third kappa shape index (κ3) is 5.97. The molecule has 0 saturated carbocycles. The number of nitrogens with zero attached hydrogens (tertiary/aromatic N) is 1. The summed E-state index contributed by atoms with van der Waals surface area (Å²) in [4.78, 5) is 42.9. The third-order valence-corrected chi connectivity index (χ3v) is 7.40. The number of carbonyl (C=O) groups excluding carboxylic acids is 1. The second-order valence-corrected chi connectivity index (χ2v) is 10.1. The van der Waals surface area contributed by atoms with Gasteiger partial charge in [-0.15, -0.1) is 22.7 Å². The molecule has 4 aromatic rings. The Bertz CT molecular complexity index is 1360. The topological polar surface area (TPSA) is 129 Å². The van der Waals surface area contributed by atoms with Gasteiger partial charge in [0.25, 0.3) is 0 Å². The Morgan fingerprint density at radius 2 is 1.80 bits per heavy atom. The van der Waals surface area contributed by atoms with Gasteiger partial charge in [-0.3, -0.25) is 4.79 Å². The summed E-state index contributed by atoms with van der Waals surface area (Å²) in [7, 11) is 0. The fraction of sp³-hybridized carbons (Fsp3) is 0.167. The first-order valence-electron chi connectivity index (χ1n) is 10.5. The summed E-state index contributed by atoms with van der Waals surface area (Å²) in [5, 5.41) is 29.7. The molecule has 4 N–H and O–H groups in total. The van der Waals surface area contributed by atoms with Crippen molar-refractivity contribution in [2.24, 2.45) is 0 Å². The maximum Gasteiger partial charge on any atom is 0.339 e. The summed E-state index contributed by atoms with van der Waals surface area (Å²) in [6, 6.07) is 12.5. The number of nitrogens with one attached hydrogen (secondary N) is 2. The lowest BCUT2D eigenvalue weighted by Crippen LogP contribution is -2.45. The number of hydrogen-bond acceptors (Lipinski definition) is 7. The van der Waals surface area contributed by atoms with Crippen LogP contribution in [0.3, 0.4) is 0 Å². The van der Waals surface area contributed by atoms with Crippen molar-refractivity contribution in [3.05, 3.63) is 79.6 Å². The van der Waals surface area contributed by atoms with Crippen LogP contribution < -0.4 is 10.6 Å². The molecule has 8 nitrogen and oxygen atoms in total. The number of aromatic carboxylic acids is 1. The summed E-state index contributed by atoms with van der Waals surface area (Å²) >= 11 is 8.79. The minimum absolute atomic E-state index is 0.0179. The number of carboxylic acid groups (broad SMARTS) is 2. The molecule has 2 unspecified atom stereocenters. The number of halogens is 1. The van der Waals surface area contributed by atoms with E-state index in [0.29, 0.717) is 20.8 Å². The van der Waals surface area contributed by atoms with Gasteiger partial charge in [-0.1, -0.05) is 23.7 Å². The van der Waals surface area contributed by atoms with E-state index in [1.165, 1.54) is 28.7 Å². The van der Waals surface area contributed by atoms with Gasteiger partial charge >= 0.3 is 11.9 Å². The van der Waals surface area contributed by atoms with E-state index in [2.05, 4.69) is 15.6 Å². The lowest BCUT2D eigenvalue weighted by molar-refractivity contribution is -0.141. The van der Waals surface area contributed by atoms with E-state index >= 15 is 0 Å². The standard InChI is InChI=1S/C24H20ClN3O5S2/c25-14-5-6-18-13(9-14)10-16(23(30)31)21(27-18)26-12-17(20-4-2-8-35-20)22(29)28-19(24(32)33)11-15-3-1-7-34-15/h1-10,17,19H,11-12H2,(H,26,27)(H,28,29)(H,30,31)(H,32,33). The molecule has 0 aliphatic carbocycles. The molecular weight excluding hydrogens is 510 g/mol. The molecule has 35 heavy (non-hydrogen) atoms. The van der Waals surface area contributed by atoms with Gasteiger partial charge in [-0.25, -0.2) is 14.6 Å². The molecule has 0 aliphatic heterocycles. The van der Waals surface area contributed by atoms with Crippen molar-refractivity contribution < 1.29 is 24.6 Å². The van der Waals surface area contributed by atoms with E-state index in [0.717, 1.165) is 4.88 Å². The van der Waals surface area contributed by atoms with E-state index in [1.807, 2.05) is 22.9 Å². The predicted octanol–water partition coefficient (Wildman–Crippen LogP) is 4.72. The number of hydrogen-bond donors (Lipinski definition) is 4.